The SMILES string of the molecule is O=S(Cc1ccncc1Cl)c1ccccc1F. The zero-order chi connectivity index (χ0) is 12.3. The van der Waals surface area contributed by atoms with Gasteiger partial charge >= 0.3 is 0 Å². The second kappa shape index (κ2) is 5.38. The Labute approximate surface area is 106 Å². The smallest absolute Gasteiger partial charge is 0.139 e. The number of benzene rings is 1. The summed E-state index contributed by atoms with van der Waals surface area (Å²) in [5.41, 5.74) is 0.697. The standard InChI is InChI=1S/C12H9ClFNOS/c13-10-7-15-6-5-9(10)8-17(16)12-4-2-1-3-11(12)14/h1-7H,8H2. The summed E-state index contributed by atoms with van der Waals surface area (Å²) < 4.78 is 25.4. The summed E-state index contributed by atoms with van der Waals surface area (Å²) in [7, 11) is -1.44. The number of nitrogens with zero attached hydrogens (tertiary/aromatic N) is 1. The van der Waals surface area contributed by atoms with Gasteiger partial charge in [-0.15, -0.1) is 0 Å². The Morgan fingerprint density at radius 1 is 1.29 bits per heavy atom. The Hall–Kier alpha value is -1.26. The van der Waals surface area contributed by atoms with E-state index in [-0.39, 0.29) is 10.6 Å². The van der Waals surface area contributed by atoms with Gasteiger partial charge < -0.3 is 0 Å². The molecule has 0 aliphatic carbocycles. The zero-order valence-corrected chi connectivity index (χ0v) is 10.3. The molecular formula is C12H9ClFNOS. The summed E-state index contributed by atoms with van der Waals surface area (Å²) in [6.07, 6.45) is 3.05. The molecule has 0 aliphatic heterocycles. The lowest BCUT2D eigenvalue weighted by molar-refractivity contribution is 0.595. The van der Waals surface area contributed by atoms with Gasteiger partial charge in [0.15, 0.2) is 0 Å². The minimum Gasteiger partial charge on any atom is -0.263 e. The number of rotatable bonds is 3. The lowest BCUT2D eigenvalue weighted by Crippen LogP contribution is -2.00. The number of hydrogen-bond acceptors (Lipinski definition) is 2. The topological polar surface area (TPSA) is 30.0 Å². The summed E-state index contributed by atoms with van der Waals surface area (Å²) in [6.45, 7) is 0. The van der Waals surface area contributed by atoms with Crippen LogP contribution in [0, 0.1) is 5.82 Å². The van der Waals surface area contributed by atoms with Crippen LogP contribution in [0.5, 0.6) is 0 Å². The lowest BCUT2D eigenvalue weighted by Gasteiger charge is -2.05. The maximum atomic E-state index is 13.4. The Morgan fingerprint density at radius 3 is 2.76 bits per heavy atom. The summed E-state index contributed by atoms with van der Waals surface area (Å²) in [5.74, 6) is -0.279. The largest absolute Gasteiger partial charge is 0.263 e. The van der Waals surface area contributed by atoms with Crippen molar-refractivity contribution in [2.45, 2.75) is 10.6 Å². The van der Waals surface area contributed by atoms with E-state index in [0.717, 1.165) is 0 Å². The van der Waals surface area contributed by atoms with Crippen molar-refractivity contribution < 1.29 is 8.60 Å². The molecule has 0 spiro atoms. The molecule has 88 valence electrons. The first kappa shape index (κ1) is 12.2. The van der Waals surface area contributed by atoms with Crippen molar-refractivity contribution in [3.05, 3.63) is 59.1 Å². The molecule has 2 nitrogen and oxygen atoms in total. The molecule has 5 heteroatoms. The van der Waals surface area contributed by atoms with Gasteiger partial charge in [-0.25, -0.2) is 4.39 Å². The maximum absolute atomic E-state index is 13.4. The highest BCUT2D eigenvalue weighted by atomic mass is 35.5. The first-order valence-electron chi connectivity index (χ1n) is 4.90. The fourth-order valence-corrected chi connectivity index (χ4v) is 2.84. The van der Waals surface area contributed by atoms with Gasteiger partial charge in [0, 0.05) is 12.4 Å². The molecule has 0 saturated heterocycles. The van der Waals surface area contributed by atoms with Crippen LogP contribution < -0.4 is 0 Å². The molecule has 0 fully saturated rings. The molecule has 0 bridgehead atoms. The molecule has 1 atom stereocenters. The fourth-order valence-electron chi connectivity index (χ4n) is 1.37. The van der Waals surface area contributed by atoms with E-state index in [9.17, 15) is 8.60 Å². The predicted octanol–water partition coefficient (Wildman–Crippen LogP) is 3.18. The molecule has 0 aliphatic rings. The number of halogens is 2. The molecule has 1 unspecified atom stereocenters. The molecular weight excluding hydrogens is 261 g/mol. The van der Waals surface area contributed by atoms with Crippen molar-refractivity contribution in [1.29, 1.82) is 0 Å². The van der Waals surface area contributed by atoms with Crippen LogP contribution >= 0.6 is 11.6 Å². The molecule has 1 aromatic heterocycles. The van der Waals surface area contributed by atoms with Gasteiger partial charge in [-0.3, -0.25) is 9.19 Å². The molecule has 1 heterocycles. The van der Waals surface area contributed by atoms with E-state index in [2.05, 4.69) is 4.98 Å². The molecule has 17 heavy (non-hydrogen) atoms. The minimum atomic E-state index is -1.44. The normalized spacial score (nSPS) is 12.4. The number of aromatic nitrogens is 1. The highest BCUT2D eigenvalue weighted by Gasteiger charge is 2.11. The minimum absolute atomic E-state index is 0.183. The Bertz CT molecular complexity index is 562. The summed E-state index contributed by atoms with van der Waals surface area (Å²) in [6, 6.07) is 7.71. The van der Waals surface area contributed by atoms with Crippen LogP contribution in [0.3, 0.4) is 0 Å². The van der Waals surface area contributed by atoms with Crippen LogP contribution in [0.2, 0.25) is 5.02 Å². The van der Waals surface area contributed by atoms with Crippen molar-refractivity contribution >= 4 is 22.4 Å². The van der Waals surface area contributed by atoms with E-state index in [4.69, 9.17) is 11.6 Å². The highest BCUT2D eigenvalue weighted by molar-refractivity contribution is 7.84. The molecule has 0 radical (unpaired) electrons. The lowest BCUT2D eigenvalue weighted by atomic mass is 10.3. The van der Waals surface area contributed by atoms with Crippen molar-refractivity contribution in [2.24, 2.45) is 0 Å². The van der Waals surface area contributed by atoms with Crippen LogP contribution in [0.25, 0.3) is 0 Å². The molecule has 0 N–H and O–H groups in total. The van der Waals surface area contributed by atoms with E-state index in [0.29, 0.717) is 10.6 Å². The van der Waals surface area contributed by atoms with Gasteiger partial charge in [-0.05, 0) is 23.8 Å². The van der Waals surface area contributed by atoms with Gasteiger partial charge in [0.05, 0.1) is 26.5 Å². The van der Waals surface area contributed by atoms with Gasteiger partial charge in [-0.2, -0.15) is 0 Å². The first-order chi connectivity index (χ1) is 8.18. The second-order valence-electron chi connectivity index (χ2n) is 3.39. The number of pyridine rings is 1. The van der Waals surface area contributed by atoms with Gasteiger partial charge in [-0.1, -0.05) is 23.7 Å². The van der Waals surface area contributed by atoms with Crippen molar-refractivity contribution in [2.75, 3.05) is 0 Å². The molecule has 0 amide bonds. The molecule has 2 aromatic rings. The van der Waals surface area contributed by atoms with E-state index >= 15 is 0 Å². The monoisotopic (exact) mass is 269 g/mol. The quantitative estimate of drug-likeness (QED) is 0.857. The molecule has 1 aromatic carbocycles. The van der Waals surface area contributed by atoms with Gasteiger partial charge in [0.1, 0.15) is 5.82 Å². The zero-order valence-electron chi connectivity index (χ0n) is 8.77. The van der Waals surface area contributed by atoms with Crippen LogP contribution in [0.1, 0.15) is 5.56 Å². The maximum Gasteiger partial charge on any atom is 0.139 e. The third-order valence-electron chi connectivity index (χ3n) is 2.22. The number of hydrogen-bond donors (Lipinski definition) is 0. The van der Waals surface area contributed by atoms with Crippen LogP contribution in [0.15, 0.2) is 47.6 Å². The summed E-state index contributed by atoms with van der Waals surface area (Å²) in [4.78, 5) is 4.03. The van der Waals surface area contributed by atoms with Gasteiger partial charge in [0.2, 0.25) is 0 Å². The van der Waals surface area contributed by atoms with Crippen LogP contribution in [-0.4, -0.2) is 9.19 Å². The average molecular weight is 270 g/mol. The van der Waals surface area contributed by atoms with E-state index in [1.165, 1.54) is 18.3 Å². The average Bonchev–Trinajstić information content (AvgIpc) is 2.32. The molecule has 0 saturated carbocycles. The van der Waals surface area contributed by atoms with E-state index in [1.807, 2.05) is 0 Å². The van der Waals surface area contributed by atoms with Crippen molar-refractivity contribution in [1.82, 2.24) is 4.98 Å². The highest BCUT2D eigenvalue weighted by Crippen LogP contribution is 2.20. The van der Waals surface area contributed by atoms with E-state index < -0.39 is 16.6 Å². The first-order valence-corrected chi connectivity index (χ1v) is 6.59. The third kappa shape index (κ3) is 2.90. The Balaban J connectivity index is 2.24. The predicted molar refractivity (Wildman–Crippen MR) is 65.8 cm³/mol. The van der Waals surface area contributed by atoms with Crippen molar-refractivity contribution in [3.63, 3.8) is 0 Å². The van der Waals surface area contributed by atoms with E-state index in [1.54, 1.807) is 24.4 Å². The van der Waals surface area contributed by atoms with Crippen LogP contribution in [-0.2, 0) is 16.6 Å². The summed E-state index contributed by atoms with van der Waals surface area (Å²) in [5, 5.41) is 0.442. The third-order valence-corrected chi connectivity index (χ3v) is 3.96. The Kier molecular flexibility index (Phi) is 3.86. The van der Waals surface area contributed by atoms with Crippen LogP contribution in [0.4, 0.5) is 4.39 Å². The Morgan fingerprint density at radius 2 is 2.06 bits per heavy atom. The fraction of sp³-hybridized carbons (Fsp3) is 0.0833. The van der Waals surface area contributed by atoms with Gasteiger partial charge in [0.25, 0.3) is 0 Å². The second-order valence-corrected chi connectivity index (χ2v) is 5.21. The molecule has 2 rings (SSSR count). The summed E-state index contributed by atoms with van der Waals surface area (Å²) >= 11 is 5.90. The van der Waals surface area contributed by atoms with Crippen molar-refractivity contribution in [3.8, 4) is 0 Å².